The highest BCUT2D eigenvalue weighted by molar-refractivity contribution is 4.91. The smallest absolute Gasteiger partial charge is 0.140 e. The van der Waals surface area contributed by atoms with Crippen molar-refractivity contribution in [3.8, 4) is 0 Å². The fraction of sp³-hybridized carbons (Fsp3) is 0.846. The molecule has 102 valence electrons. The van der Waals surface area contributed by atoms with Crippen LogP contribution in [0, 0.1) is 5.41 Å². The molecule has 1 saturated heterocycles. The van der Waals surface area contributed by atoms with Crippen LogP contribution >= 0.6 is 0 Å². The highest BCUT2D eigenvalue weighted by Crippen LogP contribution is 2.22. The molecule has 1 N–H and O–H groups in total. The molecule has 0 spiro atoms. The molecule has 0 saturated carbocycles. The van der Waals surface area contributed by atoms with Gasteiger partial charge in [-0.05, 0) is 12.3 Å². The first-order valence-corrected chi connectivity index (χ1v) is 6.83. The Kier molecular flexibility index (Phi) is 4.02. The van der Waals surface area contributed by atoms with Crippen LogP contribution in [-0.4, -0.2) is 45.3 Å². The molecule has 1 fully saturated rings. The van der Waals surface area contributed by atoms with E-state index < -0.39 is 0 Å². The summed E-state index contributed by atoms with van der Waals surface area (Å²) in [6.07, 6.45) is 1.66. The molecule has 1 aromatic heterocycles. The third-order valence-electron chi connectivity index (χ3n) is 3.67. The lowest BCUT2D eigenvalue weighted by atomic mass is 9.85. The Morgan fingerprint density at radius 1 is 1.44 bits per heavy atom. The monoisotopic (exact) mass is 251 g/mol. The number of rotatable bonds is 3. The van der Waals surface area contributed by atoms with Gasteiger partial charge in [0, 0.05) is 32.2 Å². The Morgan fingerprint density at radius 3 is 2.89 bits per heavy atom. The van der Waals surface area contributed by atoms with Crippen molar-refractivity contribution in [2.24, 2.45) is 5.41 Å². The molecule has 5 nitrogen and oxygen atoms in total. The van der Waals surface area contributed by atoms with Gasteiger partial charge in [-0.2, -0.15) is 5.10 Å². The van der Waals surface area contributed by atoms with E-state index in [-0.39, 0.29) is 0 Å². The largest absolute Gasteiger partial charge is 0.311 e. The number of piperazine rings is 1. The van der Waals surface area contributed by atoms with E-state index in [0.717, 1.165) is 38.5 Å². The summed E-state index contributed by atoms with van der Waals surface area (Å²) in [6.45, 7) is 14.0. The SMILES string of the molecule is CCn1ncnc1CN1CCNC(C(C)(C)C)C1. The van der Waals surface area contributed by atoms with Crippen molar-refractivity contribution in [2.75, 3.05) is 19.6 Å². The molecule has 1 aromatic rings. The van der Waals surface area contributed by atoms with Crippen molar-refractivity contribution in [3.63, 3.8) is 0 Å². The maximum atomic E-state index is 4.36. The van der Waals surface area contributed by atoms with Gasteiger partial charge in [0.15, 0.2) is 0 Å². The van der Waals surface area contributed by atoms with Gasteiger partial charge in [-0.3, -0.25) is 4.90 Å². The van der Waals surface area contributed by atoms with E-state index in [0.29, 0.717) is 11.5 Å². The van der Waals surface area contributed by atoms with E-state index in [4.69, 9.17) is 0 Å². The third-order valence-corrected chi connectivity index (χ3v) is 3.67. The summed E-state index contributed by atoms with van der Waals surface area (Å²) in [7, 11) is 0. The molecule has 1 unspecified atom stereocenters. The Morgan fingerprint density at radius 2 is 2.22 bits per heavy atom. The second-order valence-electron chi connectivity index (χ2n) is 6.10. The topological polar surface area (TPSA) is 46.0 Å². The fourth-order valence-electron chi connectivity index (χ4n) is 2.41. The predicted octanol–water partition coefficient (Wildman–Crippen LogP) is 1.12. The van der Waals surface area contributed by atoms with Crippen LogP contribution in [-0.2, 0) is 13.1 Å². The Balaban J connectivity index is 1.98. The van der Waals surface area contributed by atoms with Gasteiger partial charge in [0.05, 0.1) is 6.54 Å². The Hall–Kier alpha value is -0.940. The van der Waals surface area contributed by atoms with E-state index in [1.165, 1.54) is 0 Å². The first-order chi connectivity index (χ1) is 8.50. The Bertz CT molecular complexity index is 379. The summed E-state index contributed by atoms with van der Waals surface area (Å²) in [6, 6.07) is 0.546. The minimum Gasteiger partial charge on any atom is -0.311 e. The number of hydrogen-bond donors (Lipinski definition) is 1. The van der Waals surface area contributed by atoms with Crippen LogP contribution in [0.2, 0.25) is 0 Å². The Labute approximate surface area is 110 Å². The van der Waals surface area contributed by atoms with E-state index in [1.807, 2.05) is 4.68 Å². The summed E-state index contributed by atoms with van der Waals surface area (Å²) in [4.78, 5) is 6.83. The number of hydrogen-bond acceptors (Lipinski definition) is 4. The number of nitrogens with one attached hydrogen (secondary N) is 1. The van der Waals surface area contributed by atoms with Gasteiger partial charge < -0.3 is 5.32 Å². The van der Waals surface area contributed by atoms with Crippen LogP contribution in [0.5, 0.6) is 0 Å². The van der Waals surface area contributed by atoms with Crippen molar-refractivity contribution < 1.29 is 0 Å². The van der Waals surface area contributed by atoms with Crippen LogP contribution in [0.1, 0.15) is 33.5 Å². The maximum absolute atomic E-state index is 4.36. The summed E-state index contributed by atoms with van der Waals surface area (Å²) < 4.78 is 1.98. The van der Waals surface area contributed by atoms with Crippen LogP contribution in [0.3, 0.4) is 0 Å². The number of nitrogens with zero attached hydrogens (tertiary/aromatic N) is 4. The van der Waals surface area contributed by atoms with Gasteiger partial charge in [0.2, 0.25) is 0 Å². The van der Waals surface area contributed by atoms with Crippen molar-refractivity contribution in [1.82, 2.24) is 25.0 Å². The summed E-state index contributed by atoms with van der Waals surface area (Å²) in [5.74, 6) is 1.08. The molecule has 0 aromatic carbocycles. The van der Waals surface area contributed by atoms with E-state index in [1.54, 1.807) is 6.33 Å². The summed E-state index contributed by atoms with van der Waals surface area (Å²) >= 11 is 0. The quantitative estimate of drug-likeness (QED) is 0.874. The van der Waals surface area contributed by atoms with Gasteiger partial charge in [-0.1, -0.05) is 20.8 Å². The van der Waals surface area contributed by atoms with Gasteiger partial charge in [0.25, 0.3) is 0 Å². The van der Waals surface area contributed by atoms with Gasteiger partial charge in [0.1, 0.15) is 12.2 Å². The molecule has 1 aliphatic rings. The van der Waals surface area contributed by atoms with Crippen molar-refractivity contribution >= 4 is 0 Å². The van der Waals surface area contributed by atoms with E-state index >= 15 is 0 Å². The molecule has 0 amide bonds. The molecule has 1 atom stereocenters. The lowest BCUT2D eigenvalue weighted by Gasteiger charge is -2.40. The van der Waals surface area contributed by atoms with Crippen molar-refractivity contribution in [1.29, 1.82) is 0 Å². The zero-order valence-electron chi connectivity index (χ0n) is 12.0. The lowest BCUT2D eigenvalue weighted by Crippen LogP contribution is -2.55. The maximum Gasteiger partial charge on any atom is 0.140 e. The average molecular weight is 251 g/mol. The standard InChI is InChI=1S/C13H25N5/c1-5-18-12(15-10-16-18)9-17-7-6-14-11(8-17)13(2,3)4/h10-11,14H,5-9H2,1-4H3. The lowest BCUT2D eigenvalue weighted by molar-refractivity contribution is 0.125. The van der Waals surface area contributed by atoms with Crippen molar-refractivity contribution in [3.05, 3.63) is 12.2 Å². The van der Waals surface area contributed by atoms with E-state index in [2.05, 4.69) is 48.0 Å². The molecule has 0 bridgehead atoms. The molecule has 0 radical (unpaired) electrons. The summed E-state index contributed by atoms with van der Waals surface area (Å²) in [5.41, 5.74) is 0.303. The van der Waals surface area contributed by atoms with Crippen LogP contribution < -0.4 is 5.32 Å². The second kappa shape index (κ2) is 5.36. The van der Waals surface area contributed by atoms with Crippen LogP contribution in [0.4, 0.5) is 0 Å². The highest BCUT2D eigenvalue weighted by Gasteiger charge is 2.29. The zero-order valence-corrected chi connectivity index (χ0v) is 12.0. The minimum atomic E-state index is 0.303. The molecule has 2 heterocycles. The van der Waals surface area contributed by atoms with Gasteiger partial charge in [-0.15, -0.1) is 0 Å². The molecule has 1 aliphatic heterocycles. The first kappa shape index (κ1) is 13.5. The molecule has 2 rings (SSSR count). The average Bonchev–Trinajstić information content (AvgIpc) is 2.75. The first-order valence-electron chi connectivity index (χ1n) is 6.83. The third kappa shape index (κ3) is 3.09. The van der Waals surface area contributed by atoms with Gasteiger partial charge >= 0.3 is 0 Å². The van der Waals surface area contributed by atoms with Gasteiger partial charge in [-0.25, -0.2) is 9.67 Å². The molecular formula is C13H25N5. The molecule has 5 heteroatoms. The molecular weight excluding hydrogens is 226 g/mol. The minimum absolute atomic E-state index is 0.303. The highest BCUT2D eigenvalue weighted by atomic mass is 15.3. The number of aromatic nitrogens is 3. The predicted molar refractivity (Wildman–Crippen MR) is 72.2 cm³/mol. The molecule has 18 heavy (non-hydrogen) atoms. The van der Waals surface area contributed by atoms with Crippen LogP contribution in [0.15, 0.2) is 6.33 Å². The van der Waals surface area contributed by atoms with E-state index in [9.17, 15) is 0 Å². The fourth-order valence-corrected chi connectivity index (χ4v) is 2.41. The van der Waals surface area contributed by atoms with Crippen LogP contribution in [0.25, 0.3) is 0 Å². The zero-order chi connectivity index (χ0) is 13.2. The number of aryl methyl sites for hydroxylation is 1. The molecule has 0 aliphatic carbocycles. The second-order valence-corrected chi connectivity index (χ2v) is 6.10. The van der Waals surface area contributed by atoms with Crippen molar-refractivity contribution in [2.45, 2.75) is 46.8 Å². The normalized spacial score (nSPS) is 22.3. The summed E-state index contributed by atoms with van der Waals surface area (Å²) in [5, 5.41) is 7.84.